The molecule has 1 atom stereocenters. The first-order chi connectivity index (χ1) is 15.3. The molecular weight excluding hydrogens is 492 g/mol. The molecule has 32 heavy (non-hydrogen) atoms. The largest absolute Gasteiger partial charge is 0.484 e. The number of benzene rings is 2. The molecule has 0 aromatic heterocycles. The molecule has 7 heteroatoms. The summed E-state index contributed by atoms with van der Waals surface area (Å²) >= 11 is 9.55. The fraction of sp³-hybridized carbons (Fsp3) is 0.440. The van der Waals surface area contributed by atoms with Crippen LogP contribution >= 0.6 is 27.5 Å². The minimum Gasteiger partial charge on any atom is -0.484 e. The Morgan fingerprint density at radius 2 is 1.94 bits per heavy atom. The molecule has 0 spiro atoms. The zero-order chi connectivity index (χ0) is 23.1. The van der Waals surface area contributed by atoms with E-state index in [-0.39, 0.29) is 24.5 Å². The summed E-state index contributed by atoms with van der Waals surface area (Å²) in [5.74, 6) is 0.202. The normalized spacial score (nSPS) is 15.1. The van der Waals surface area contributed by atoms with Crippen LogP contribution in [0, 0.1) is 6.92 Å². The number of halogens is 2. The van der Waals surface area contributed by atoms with E-state index < -0.39 is 6.04 Å². The van der Waals surface area contributed by atoms with Crippen molar-refractivity contribution >= 4 is 39.3 Å². The number of hydrogen-bond donors (Lipinski definition) is 1. The van der Waals surface area contributed by atoms with Gasteiger partial charge < -0.3 is 15.0 Å². The van der Waals surface area contributed by atoms with Crippen LogP contribution in [0.25, 0.3) is 0 Å². The molecular formula is C25H30BrClN2O3. The molecule has 2 amide bonds. The molecule has 2 aromatic rings. The molecule has 2 aromatic carbocycles. The van der Waals surface area contributed by atoms with E-state index in [0.717, 1.165) is 41.3 Å². The summed E-state index contributed by atoms with van der Waals surface area (Å²) in [6.45, 7) is 3.82. The summed E-state index contributed by atoms with van der Waals surface area (Å²) in [6, 6.07) is 12.6. The number of nitrogens with one attached hydrogen (secondary N) is 1. The Labute approximate surface area is 203 Å². The van der Waals surface area contributed by atoms with Crippen LogP contribution in [0.15, 0.2) is 46.9 Å². The second-order valence-electron chi connectivity index (χ2n) is 8.37. The third kappa shape index (κ3) is 6.97. The Bertz CT molecular complexity index is 947. The van der Waals surface area contributed by atoms with Crippen molar-refractivity contribution in [3.8, 4) is 5.75 Å². The maximum Gasteiger partial charge on any atom is 0.261 e. The van der Waals surface area contributed by atoms with E-state index in [4.69, 9.17) is 16.3 Å². The average molecular weight is 522 g/mol. The average Bonchev–Trinajstić information content (AvgIpc) is 2.78. The summed E-state index contributed by atoms with van der Waals surface area (Å²) in [7, 11) is 0. The lowest BCUT2D eigenvalue weighted by molar-refractivity contribution is -0.142. The minimum atomic E-state index is -0.612. The van der Waals surface area contributed by atoms with Crippen molar-refractivity contribution in [3.05, 3.63) is 63.1 Å². The summed E-state index contributed by atoms with van der Waals surface area (Å²) in [5.41, 5.74) is 1.82. The minimum absolute atomic E-state index is 0.123. The SMILES string of the molecule is Cc1cc(OCC(=O)N(Cc2cccc(Br)c2)[C@@H](C)C(=O)NC2CCCCC2)ccc1Cl. The van der Waals surface area contributed by atoms with Gasteiger partial charge >= 0.3 is 0 Å². The molecule has 0 saturated heterocycles. The first-order valence-electron chi connectivity index (χ1n) is 11.1. The van der Waals surface area contributed by atoms with Gasteiger partial charge in [-0.15, -0.1) is 0 Å². The van der Waals surface area contributed by atoms with E-state index in [9.17, 15) is 9.59 Å². The molecule has 0 bridgehead atoms. The number of rotatable bonds is 8. The fourth-order valence-corrected chi connectivity index (χ4v) is 4.48. The van der Waals surface area contributed by atoms with Gasteiger partial charge in [0.15, 0.2) is 6.61 Å². The number of ether oxygens (including phenoxy) is 1. The van der Waals surface area contributed by atoms with Crippen molar-refractivity contribution in [2.45, 2.75) is 64.6 Å². The first-order valence-corrected chi connectivity index (χ1v) is 12.2. The van der Waals surface area contributed by atoms with Crippen LogP contribution in [-0.2, 0) is 16.1 Å². The first kappa shape index (κ1) is 24.6. The van der Waals surface area contributed by atoms with Crippen LogP contribution in [0.2, 0.25) is 5.02 Å². The number of carbonyl (C=O) groups excluding carboxylic acids is 2. The third-order valence-corrected chi connectivity index (χ3v) is 6.77. The van der Waals surface area contributed by atoms with Crippen molar-refractivity contribution in [1.82, 2.24) is 10.2 Å². The number of aryl methyl sites for hydroxylation is 1. The van der Waals surface area contributed by atoms with Crippen LogP contribution in [0.5, 0.6) is 5.75 Å². The molecule has 1 aliphatic rings. The zero-order valence-corrected chi connectivity index (χ0v) is 20.9. The zero-order valence-electron chi connectivity index (χ0n) is 18.6. The van der Waals surface area contributed by atoms with Crippen molar-refractivity contribution in [2.24, 2.45) is 0 Å². The Hall–Kier alpha value is -2.05. The summed E-state index contributed by atoms with van der Waals surface area (Å²) in [4.78, 5) is 27.8. The predicted octanol–water partition coefficient (Wildman–Crippen LogP) is 5.66. The lowest BCUT2D eigenvalue weighted by Gasteiger charge is -2.31. The van der Waals surface area contributed by atoms with Gasteiger partial charge in [-0.3, -0.25) is 9.59 Å². The second-order valence-corrected chi connectivity index (χ2v) is 9.69. The Morgan fingerprint density at radius 3 is 2.62 bits per heavy atom. The summed E-state index contributed by atoms with van der Waals surface area (Å²) in [6.07, 6.45) is 5.48. The van der Waals surface area contributed by atoms with Gasteiger partial charge in [-0.2, -0.15) is 0 Å². The molecule has 0 radical (unpaired) electrons. The van der Waals surface area contributed by atoms with Gasteiger partial charge in [0.1, 0.15) is 11.8 Å². The molecule has 3 rings (SSSR count). The van der Waals surface area contributed by atoms with Crippen molar-refractivity contribution in [2.75, 3.05) is 6.61 Å². The predicted molar refractivity (Wildman–Crippen MR) is 131 cm³/mol. The van der Waals surface area contributed by atoms with E-state index in [0.29, 0.717) is 17.3 Å². The van der Waals surface area contributed by atoms with Gasteiger partial charge in [0.2, 0.25) is 5.91 Å². The highest BCUT2D eigenvalue weighted by Crippen LogP contribution is 2.22. The van der Waals surface area contributed by atoms with Crippen molar-refractivity contribution < 1.29 is 14.3 Å². The van der Waals surface area contributed by atoms with Crippen LogP contribution < -0.4 is 10.1 Å². The van der Waals surface area contributed by atoms with Crippen molar-refractivity contribution in [3.63, 3.8) is 0 Å². The topological polar surface area (TPSA) is 58.6 Å². The number of nitrogens with zero attached hydrogens (tertiary/aromatic N) is 1. The van der Waals surface area contributed by atoms with Gasteiger partial charge in [0.25, 0.3) is 5.91 Å². The highest BCUT2D eigenvalue weighted by atomic mass is 79.9. The number of carbonyl (C=O) groups is 2. The second kappa shape index (κ2) is 11.7. The monoisotopic (exact) mass is 520 g/mol. The molecule has 0 unspecified atom stereocenters. The highest BCUT2D eigenvalue weighted by Gasteiger charge is 2.28. The van der Waals surface area contributed by atoms with E-state index in [1.807, 2.05) is 31.2 Å². The molecule has 0 heterocycles. The van der Waals surface area contributed by atoms with Gasteiger partial charge in [-0.25, -0.2) is 0 Å². The molecule has 5 nitrogen and oxygen atoms in total. The van der Waals surface area contributed by atoms with Crippen LogP contribution in [0.4, 0.5) is 0 Å². The summed E-state index contributed by atoms with van der Waals surface area (Å²) in [5, 5.41) is 3.79. The standard InChI is InChI=1S/C25H30BrClN2O3/c1-17-13-22(11-12-23(17)27)32-16-24(30)29(15-19-7-6-8-20(26)14-19)18(2)25(31)28-21-9-4-3-5-10-21/h6-8,11-14,18,21H,3-5,9-10,15-16H2,1-2H3,(H,28,31)/t18-/m0/s1. The molecule has 1 saturated carbocycles. The smallest absolute Gasteiger partial charge is 0.261 e. The maximum atomic E-state index is 13.2. The maximum absolute atomic E-state index is 13.2. The van der Waals surface area contributed by atoms with E-state index in [2.05, 4.69) is 21.2 Å². The lowest BCUT2D eigenvalue weighted by atomic mass is 9.95. The van der Waals surface area contributed by atoms with E-state index in [1.54, 1.807) is 30.0 Å². The summed E-state index contributed by atoms with van der Waals surface area (Å²) < 4.78 is 6.66. The van der Waals surface area contributed by atoms with Gasteiger partial charge in [0, 0.05) is 22.1 Å². The molecule has 1 aliphatic carbocycles. The van der Waals surface area contributed by atoms with Gasteiger partial charge in [0.05, 0.1) is 0 Å². The number of amides is 2. The quantitative estimate of drug-likeness (QED) is 0.488. The van der Waals surface area contributed by atoms with Crippen molar-refractivity contribution in [1.29, 1.82) is 0 Å². The van der Waals surface area contributed by atoms with Gasteiger partial charge in [-0.1, -0.05) is 58.9 Å². The Kier molecular flexibility index (Phi) is 9.00. The van der Waals surface area contributed by atoms with E-state index >= 15 is 0 Å². The Morgan fingerprint density at radius 1 is 1.19 bits per heavy atom. The van der Waals surface area contributed by atoms with Crippen LogP contribution in [0.3, 0.4) is 0 Å². The van der Waals surface area contributed by atoms with E-state index in [1.165, 1.54) is 6.42 Å². The van der Waals surface area contributed by atoms with Crippen LogP contribution in [-0.4, -0.2) is 35.4 Å². The number of hydrogen-bond acceptors (Lipinski definition) is 3. The Balaban J connectivity index is 1.71. The molecule has 1 fully saturated rings. The molecule has 1 N–H and O–H groups in total. The van der Waals surface area contributed by atoms with Crippen LogP contribution in [0.1, 0.15) is 50.2 Å². The third-order valence-electron chi connectivity index (χ3n) is 5.85. The highest BCUT2D eigenvalue weighted by molar-refractivity contribution is 9.10. The molecule has 172 valence electrons. The fourth-order valence-electron chi connectivity index (χ4n) is 3.92. The lowest BCUT2D eigenvalue weighted by Crippen LogP contribution is -2.51. The van der Waals surface area contributed by atoms with Gasteiger partial charge in [-0.05, 0) is 68.1 Å². The molecule has 0 aliphatic heterocycles.